The van der Waals surface area contributed by atoms with Crippen molar-refractivity contribution in [2.24, 2.45) is 4.99 Å². The van der Waals surface area contributed by atoms with Gasteiger partial charge in [-0.3, -0.25) is 5.32 Å². The second-order valence-corrected chi connectivity index (χ2v) is 6.38. The zero-order valence-electron chi connectivity index (χ0n) is 10.3. The van der Waals surface area contributed by atoms with Crippen molar-refractivity contribution in [1.82, 2.24) is 5.32 Å². The van der Waals surface area contributed by atoms with Gasteiger partial charge in [-0.2, -0.15) is 5.26 Å². The van der Waals surface area contributed by atoms with Crippen molar-refractivity contribution in [3.05, 3.63) is 23.8 Å². The average molecular weight is 283 g/mol. The van der Waals surface area contributed by atoms with Crippen LogP contribution in [0.15, 0.2) is 28.1 Å². The van der Waals surface area contributed by atoms with Crippen molar-refractivity contribution in [2.75, 3.05) is 12.5 Å². The highest BCUT2D eigenvalue weighted by Gasteiger charge is 2.13. The SMILES string of the molecule is CSC(=Nc1ccc(C)cc1S(C)(=O)=O)NC#N. The lowest BCUT2D eigenvalue weighted by atomic mass is 10.2. The molecule has 0 saturated heterocycles. The van der Waals surface area contributed by atoms with E-state index in [4.69, 9.17) is 5.26 Å². The Morgan fingerprint density at radius 2 is 2.17 bits per heavy atom. The molecule has 0 aliphatic heterocycles. The van der Waals surface area contributed by atoms with Gasteiger partial charge in [-0.25, -0.2) is 13.4 Å². The van der Waals surface area contributed by atoms with E-state index in [1.165, 1.54) is 11.8 Å². The van der Waals surface area contributed by atoms with E-state index in [0.717, 1.165) is 11.8 Å². The number of amidine groups is 1. The molecule has 0 aliphatic rings. The Bertz CT molecular complexity index is 616. The van der Waals surface area contributed by atoms with E-state index >= 15 is 0 Å². The second-order valence-electron chi connectivity index (χ2n) is 3.60. The summed E-state index contributed by atoms with van der Waals surface area (Å²) in [5.74, 6) is 0. The lowest BCUT2D eigenvalue weighted by Crippen LogP contribution is -2.12. The number of nitrogens with one attached hydrogen (secondary N) is 1. The zero-order chi connectivity index (χ0) is 13.8. The second kappa shape index (κ2) is 5.89. The summed E-state index contributed by atoms with van der Waals surface area (Å²) >= 11 is 1.23. The maximum absolute atomic E-state index is 11.7. The van der Waals surface area contributed by atoms with Gasteiger partial charge in [-0.15, -0.1) is 0 Å². The summed E-state index contributed by atoms with van der Waals surface area (Å²) < 4.78 is 23.3. The summed E-state index contributed by atoms with van der Waals surface area (Å²) in [6.45, 7) is 1.81. The van der Waals surface area contributed by atoms with Gasteiger partial charge < -0.3 is 0 Å². The minimum absolute atomic E-state index is 0.161. The summed E-state index contributed by atoms with van der Waals surface area (Å²) in [5.41, 5.74) is 1.17. The van der Waals surface area contributed by atoms with Gasteiger partial charge >= 0.3 is 0 Å². The van der Waals surface area contributed by atoms with E-state index in [9.17, 15) is 8.42 Å². The highest BCUT2D eigenvalue weighted by atomic mass is 32.2. The molecule has 0 saturated carbocycles. The van der Waals surface area contributed by atoms with Gasteiger partial charge in [-0.1, -0.05) is 17.8 Å². The number of sulfone groups is 1. The standard InChI is InChI=1S/C11H13N3O2S2/c1-8-4-5-9(10(6-8)18(3,15)16)14-11(17-2)13-7-12/h4-6H,1-3H3,(H,13,14). The zero-order valence-corrected chi connectivity index (χ0v) is 11.9. The number of rotatable bonds is 2. The van der Waals surface area contributed by atoms with E-state index in [-0.39, 0.29) is 4.90 Å². The maximum atomic E-state index is 11.7. The smallest absolute Gasteiger partial charge is 0.183 e. The normalized spacial score (nSPS) is 12.0. The molecule has 0 atom stereocenters. The minimum atomic E-state index is -3.35. The molecule has 5 nitrogen and oxygen atoms in total. The Morgan fingerprint density at radius 3 is 2.67 bits per heavy atom. The Morgan fingerprint density at radius 1 is 1.50 bits per heavy atom. The van der Waals surface area contributed by atoms with E-state index < -0.39 is 9.84 Å². The third-order valence-electron chi connectivity index (χ3n) is 2.09. The van der Waals surface area contributed by atoms with Gasteiger partial charge in [0.2, 0.25) is 0 Å². The summed E-state index contributed by atoms with van der Waals surface area (Å²) in [7, 11) is -3.35. The molecule has 96 valence electrons. The van der Waals surface area contributed by atoms with Crippen molar-refractivity contribution in [3.63, 3.8) is 0 Å². The van der Waals surface area contributed by atoms with Gasteiger partial charge in [0.15, 0.2) is 21.2 Å². The molecular formula is C11H13N3O2S2. The molecule has 0 aromatic heterocycles. The van der Waals surface area contributed by atoms with Crippen LogP contribution >= 0.6 is 11.8 Å². The lowest BCUT2D eigenvalue weighted by molar-refractivity contribution is 0.602. The first-order valence-electron chi connectivity index (χ1n) is 4.97. The number of aryl methyl sites for hydroxylation is 1. The topological polar surface area (TPSA) is 82.3 Å². The first kappa shape index (κ1) is 14.5. The van der Waals surface area contributed by atoms with Crippen LogP contribution in [-0.2, 0) is 9.84 Å². The molecule has 0 heterocycles. The lowest BCUT2D eigenvalue weighted by Gasteiger charge is -2.06. The number of aliphatic imine (C=N–C) groups is 1. The molecule has 0 bridgehead atoms. The fraction of sp³-hybridized carbons (Fsp3) is 0.273. The number of nitriles is 1. The largest absolute Gasteiger partial charge is 0.271 e. The molecule has 0 amide bonds. The van der Waals surface area contributed by atoms with Crippen molar-refractivity contribution in [3.8, 4) is 6.19 Å². The summed E-state index contributed by atoms with van der Waals surface area (Å²) in [6, 6.07) is 4.97. The van der Waals surface area contributed by atoms with E-state index in [1.807, 2.05) is 6.92 Å². The number of benzene rings is 1. The first-order valence-corrected chi connectivity index (χ1v) is 8.08. The fourth-order valence-electron chi connectivity index (χ4n) is 1.29. The highest BCUT2D eigenvalue weighted by molar-refractivity contribution is 8.13. The molecule has 7 heteroatoms. The fourth-order valence-corrected chi connectivity index (χ4v) is 2.52. The van der Waals surface area contributed by atoms with Crippen molar-refractivity contribution in [1.29, 1.82) is 5.26 Å². The van der Waals surface area contributed by atoms with Crippen LogP contribution in [0.3, 0.4) is 0 Å². The Labute approximate surface area is 111 Å². The molecule has 18 heavy (non-hydrogen) atoms. The van der Waals surface area contributed by atoms with E-state index in [2.05, 4.69) is 10.3 Å². The van der Waals surface area contributed by atoms with Crippen LogP contribution in [0.5, 0.6) is 0 Å². The maximum Gasteiger partial charge on any atom is 0.183 e. The molecule has 0 spiro atoms. The van der Waals surface area contributed by atoms with Gasteiger partial charge in [0.1, 0.15) is 0 Å². The Balaban J connectivity index is 3.38. The van der Waals surface area contributed by atoms with Gasteiger partial charge in [0, 0.05) is 6.26 Å². The number of nitrogens with zero attached hydrogens (tertiary/aromatic N) is 2. The monoisotopic (exact) mass is 283 g/mol. The number of thioether (sulfide) groups is 1. The van der Waals surface area contributed by atoms with Gasteiger partial charge in [0.25, 0.3) is 0 Å². The van der Waals surface area contributed by atoms with Gasteiger partial charge in [-0.05, 0) is 30.9 Å². The van der Waals surface area contributed by atoms with E-state index in [0.29, 0.717) is 10.9 Å². The minimum Gasteiger partial charge on any atom is -0.271 e. The third kappa shape index (κ3) is 3.75. The van der Waals surface area contributed by atoms with Crippen LogP contribution in [0.1, 0.15) is 5.56 Å². The average Bonchev–Trinajstić information content (AvgIpc) is 2.29. The predicted octanol–water partition coefficient (Wildman–Crippen LogP) is 1.82. The van der Waals surface area contributed by atoms with E-state index in [1.54, 1.807) is 30.6 Å². The van der Waals surface area contributed by atoms with Crippen LogP contribution in [0.4, 0.5) is 5.69 Å². The summed E-state index contributed by atoms with van der Waals surface area (Å²) in [6.07, 6.45) is 4.64. The number of hydrogen-bond acceptors (Lipinski definition) is 5. The third-order valence-corrected chi connectivity index (χ3v) is 3.80. The number of hydrogen-bond donors (Lipinski definition) is 1. The van der Waals surface area contributed by atoms with Crippen LogP contribution in [0.25, 0.3) is 0 Å². The molecule has 1 aromatic rings. The summed E-state index contributed by atoms with van der Waals surface area (Å²) in [5, 5.41) is 11.3. The molecule has 1 rings (SSSR count). The molecular weight excluding hydrogens is 270 g/mol. The van der Waals surface area contributed by atoms with Crippen LogP contribution < -0.4 is 5.32 Å². The molecule has 0 radical (unpaired) electrons. The summed E-state index contributed by atoms with van der Waals surface area (Å²) in [4.78, 5) is 4.30. The Kier molecular flexibility index (Phi) is 4.76. The molecule has 0 unspecified atom stereocenters. The first-order chi connectivity index (χ1) is 8.38. The van der Waals surface area contributed by atoms with Crippen molar-refractivity contribution in [2.45, 2.75) is 11.8 Å². The molecule has 1 aromatic carbocycles. The molecule has 0 fully saturated rings. The van der Waals surface area contributed by atoms with Crippen LogP contribution in [0.2, 0.25) is 0 Å². The van der Waals surface area contributed by atoms with Gasteiger partial charge in [0.05, 0.1) is 10.6 Å². The predicted molar refractivity (Wildman–Crippen MR) is 73.6 cm³/mol. The Hall–Kier alpha value is -1.52. The van der Waals surface area contributed by atoms with Crippen LogP contribution in [0, 0.1) is 18.4 Å². The van der Waals surface area contributed by atoms with Crippen LogP contribution in [-0.4, -0.2) is 26.1 Å². The highest BCUT2D eigenvalue weighted by Crippen LogP contribution is 2.26. The van der Waals surface area contributed by atoms with Crippen molar-refractivity contribution < 1.29 is 8.42 Å². The molecule has 0 aliphatic carbocycles. The quantitative estimate of drug-likeness (QED) is 0.387. The molecule has 1 N–H and O–H groups in total. The van der Waals surface area contributed by atoms with Crippen molar-refractivity contribution >= 4 is 32.5 Å².